The normalized spacial score (nSPS) is 16.3. The summed E-state index contributed by atoms with van der Waals surface area (Å²) >= 11 is 0. The summed E-state index contributed by atoms with van der Waals surface area (Å²) in [5, 5.41) is 0. The molecule has 0 saturated carbocycles. The number of para-hydroxylation sites is 2. The van der Waals surface area contributed by atoms with E-state index >= 15 is 0 Å². The molecule has 7 heteroatoms. The Hall–Kier alpha value is -2.54. The fourth-order valence-electron chi connectivity index (χ4n) is 3.29. The second kappa shape index (κ2) is 6.99. The van der Waals surface area contributed by atoms with Crippen LogP contribution >= 0.6 is 0 Å². The molecular formula is C19H22N2O4S. The van der Waals surface area contributed by atoms with E-state index in [4.69, 9.17) is 4.74 Å². The maximum atomic E-state index is 12.8. The number of hydrogen-bond acceptors (Lipinski definition) is 4. The van der Waals surface area contributed by atoms with Crippen LogP contribution in [0.5, 0.6) is 5.75 Å². The molecule has 0 aromatic heterocycles. The molecule has 1 N–H and O–H groups in total. The molecule has 6 nitrogen and oxygen atoms in total. The maximum Gasteiger partial charge on any atom is 0.262 e. The summed E-state index contributed by atoms with van der Waals surface area (Å²) in [7, 11) is -3.76. The molecule has 0 radical (unpaired) electrons. The van der Waals surface area contributed by atoms with Gasteiger partial charge < -0.3 is 9.64 Å². The van der Waals surface area contributed by atoms with E-state index in [-0.39, 0.29) is 16.8 Å². The molecule has 0 spiro atoms. The molecule has 138 valence electrons. The van der Waals surface area contributed by atoms with Crippen molar-refractivity contribution in [1.82, 2.24) is 0 Å². The van der Waals surface area contributed by atoms with E-state index in [1.54, 1.807) is 41.3 Å². The van der Waals surface area contributed by atoms with Crippen molar-refractivity contribution in [2.24, 2.45) is 0 Å². The van der Waals surface area contributed by atoms with Gasteiger partial charge in [0.25, 0.3) is 10.0 Å². The van der Waals surface area contributed by atoms with Crippen molar-refractivity contribution >= 4 is 27.3 Å². The third-order valence-electron chi connectivity index (χ3n) is 4.35. The van der Waals surface area contributed by atoms with Gasteiger partial charge in [-0.2, -0.15) is 0 Å². The van der Waals surface area contributed by atoms with Crippen molar-refractivity contribution in [1.29, 1.82) is 0 Å². The molecule has 2 aromatic carbocycles. The van der Waals surface area contributed by atoms with Crippen molar-refractivity contribution in [3.63, 3.8) is 0 Å². The molecule has 3 rings (SSSR count). The molecule has 1 amide bonds. The van der Waals surface area contributed by atoms with Crippen LogP contribution < -0.4 is 14.4 Å². The summed E-state index contributed by atoms with van der Waals surface area (Å²) in [4.78, 5) is 13.7. The average Bonchev–Trinajstić information content (AvgIpc) is 2.91. The zero-order chi connectivity index (χ0) is 18.9. The van der Waals surface area contributed by atoms with Gasteiger partial charge in [0.2, 0.25) is 5.91 Å². The number of carbonyl (C=O) groups excluding carboxylic acids is 1. The number of anilines is 2. The van der Waals surface area contributed by atoms with Gasteiger partial charge in [-0.3, -0.25) is 9.52 Å². The zero-order valence-corrected chi connectivity index (χ0v) is 15.8. The number of ether oxygens (including phenoxy) is 1. The summed E-state index contributed by atoms with van der Waals surface area (Å²) in [5.41, 5.74) is 2.03. The first-order valence-corrected chi connectivity index (χ1v) is 9.99. The Bertz CT molecular complexity index is 940. The van der Waals surface area contributed by atoms with E-state index < -0.39 is 10.0 Å². The summed E-state index contributed by atoms with van der Waals surface area (Å²) in [6.07, 6.45) is 0.633. The van der Waals surface area contributed by atoms with Crippen molar-refractivity contribution in [2.75, 3.05) is 16.2 Å². The standard InChI is InChI=1S/C19H22N2O4S/c1-4-25-19-8-6-5-7-17(19)20-26(23,24)16-9-10-18-15(12-16)11-13(2)21(18)14(3)22/h5-10,12-13,20H,4,11H2,1-3H3/t13-/m1/s1. The van der Waals surface area contributed by atoms with E-state index in [2.05, 4.69) is 4.72 Å². The minimum Gasteiger partial charge on any atom is -0.492 e. The van der Waals surface area contributed by atoms with Crippen LogP contribution in [0.2, 0.25) is 0 Å². The third kappa shape index (κ3) is 3.39. The van der Waals surface area contributed by atoms with Gasteiger partial charge in [-0.05, 0) is 56.2 Å². The fraction of sp³-hybridized carbons (Fsp3) is 0.316. The maximum absolute atomic E-state index is 12.8. The van der Waals surface area contributed by atoms with Gasteiger partial charge in [0.1, 0.15) is 5.75 Å². The van der Waals surface area contributed by atoms with Crippen LogP contribution in [-0.4, -0.2) is 27.0 Å². The topological polar surface area (TPSA) is 75.7 Å². The van der Waals surface area contributed by atoms with Crippen LogP contribution in [0.3, 0.4) is 0 Å². The molecule has 26 heavy (non-hydrogen) atoms. The monoisotopic (exact) mass is 374 g/mol. The Balaban J connectivity index is 1.93. The third-order valence-corrected chi connectivity index (χ3v) is 5.71. The van der Waals surface area contributed by atoms with Gasteiger partial charge in [0.05, 0.1) is 17.2 Å². The molecule has 0 unspecified atom stereocenters. The summed E-state index contributed by atoms with van der Waals surface area (Å²) < 4.78 is 33.7. The van der Waals surface area contributed by atoms with Gasteiger partial charge in [-0.15, -0.1) is 0 Å². The van der Waals surface area contributed by atoms with Crippen molar-refractivity contribution < 1.29 is 17.9 Å². The molecule has 0 fully saturated rings. The second-order valence-electron chi connectivity index (χ2n) is 6.27. The minimum atomic E-state index is -3.76. The van der Waals surface area contributed by atoms with E-state index in [0.717, 1.165) is 11.3 Å². The van der Waals surface area contributed by atoms with Crippen molar-refractivity contribution in [2.45, 2.75) is 38.1 Å². The average molecular weight is 374 g/mol. The lowest BCUT2D eigenvalue weighted by Crippen LogP contribution is -2.33. The predicted molar refractivity (Wildman–Crippen MR) is 101 cm³/mol. The highest BCUT2D eigenvalue weighted by Gasteiger charge is 2.30. The van der Waals surface area contributed by atoms with E-state index in [1.165, 1.54) is 13.0 Å². The Morgan fingerprint density at radius 2 is 2.00 bits per heavy atom. The van der Waals surface area contributed by atoms with Crippen LogP contribution in [0.15, 0.2) is 47.4 Å². The molecule has 1 aliphatic rings. The summed E-state index contributed by atoms with van der Waals surface area (Å²) in [6.45, 7) is 5.75. The van der Waals surface area contributed by atoms with Gasteiger partial charge in [0, 0.05) is 18.7 Å². The number of rotatable bonds is 5. The molecule has 0 saturated heterocycles. The predicted octanol–water partition coefficient (Wildman–Crippen LogP) is 3.18. The summed E-state index contributed by atoms with van der Waals surface area (Å²) in [5.74, 6) is 0.437. The number of carbonyl (C=O) groups is 1. The Kier molecular flexibility index (Phi) is 4.91. The summed E-state index contributed by atoms with van der Waals surface area (Å²) in [6, 6.07) is 11.8. The largest absolute Gasteiger partial charge is 0.492 e. The number of benzene rings is 2. The lowest BCUT2D eigenvalue weighted by atomic mass is 10.1. The number of nitrogens with one attached hydrogen (secondary N) is 1. The van der Waals surface area contributed by atoms with Crippen LogP contribution in [0, 0.1) is 0 Å². The number of nitrogens with zero attached hydrogens (tertiary/aromatic N) is 1. The Morgan fingerprint density at radius 3 is 2.69 bits per heavy atom. The SMILES string of the molecule is CCOc1ccccc1NS(=O)(=O)c1ccc2c(c1)C[C@@H](C)N2C(C)=O. The lowest BCUT2D eigenvalue weighted by Gasteiger charge is -2.20. The Morgan fingerprint density at radius 1 is 1.27 bits per heavy atom. The van der Waals surface area contributed by atoms with Gasteiger partial charge in [0.15, 0.2) is 0 Å². The molecule has 2 aromatic rings. The highest BCUT2D eigenvalue weighted by Crippen LogP contribution is 2.34. The van der Waals surface area contributed by atoms with Crippen LogP contribution in [0.1, 0.15) is 26.3 Å². The number of fused-ring (bicyclic) bond motifs is 1. The van der Waals surface area contributed by atoms with Crippen molar-refractivity contribution in [3.05, 3.63) is 48.0 Å². The number of amides is 1. The number of sulfonamides is 1. The molecular weight excluding hydrogens is 352 g/mol. The smallest absolute Gasteiger partial charge is 0.262 e. The molecule has 0 aliphatic carbocycles. The van der Waals surface area contributed by atoms with Gasteiger partial charge in [-0.1, -0.05) is 12.1 Å². The van der Waals surface area contributed by atoms with E-state index in [1.807, 2.05) is 13.8 Å². The van der Waals surface area contributed by atoms with Crippen LogP contribution in [0.4, 0.5) is 11.4 Å². The first kappa shape index (κ1) is 18.3. The minimum absolute atomic E-state index is 0.0205. The highest BCUT2D eigenvalue weighted by atomic mass is 32.2. The Labute approximate surface area is 153 Å². The molecule has 1 heterocycles. The van der Waals surface area contributed by atoms with Crippen LogP contribution in [0.25, 0.3) is 0 Å². The lowest BCUT2D eigenvalue weighted by molar-refractivity contribution is -0.116. The zero-order valence-electron chi connectivity index (χ0n) is 15.0. The second-order valence-corrected chi connectivity index (χ2v) is 7.95. The molecule has 1 atom stereocenters. The van der Waals surface area contributed by atoms with Gasteiger partial charge >= 0.3 is 0 Å². The highest BCUT2D eigenvalue weighted by molar-refractivity contribution is 7.92. The number of hydrogen-bond donors (Lipinski definition) is 1. The first-order valence-electron chi connectivity index (χ1n) is 8.51. The molecule has 0 bridgehead atoms. The first-order chi connectivity index (χ1) is 12.3. The van der Waals surface area contributed by atoms with Crippen molar-refractivity contribution in [3.8, 4) is 5.75 Å². The quantitative estimate of drug-likeness (QED) is 0.872. The van der Waals surface area contributed by atoms with E-state index in [9.17, 15) is 13.2 Å². The van der Waals surface area contributed by atoms with E-state index in [0.29, 0.717) is 24.5 Å². The van der Waals surface area contributed by atoms with Crippen LogP contribution in [-0.2, 0) is 21.2 Å². The van der Waals surface area contributed by atoms with Gasteiger partial charge in [-0.25, -0.2) is 8.42 Å². The molecule has 1 aliphatic heterocycles. The fourth-order valence-corrected chi connectivity index (χ4v) is 4.41.